The minimum absolute atomic E-state index is 0.00897. The summed E-state index contributed by atoms with van der Waals surface area (Å²) in [6, 6.07) is 10.7. The largest absolute Gasteiger partial charge is 0.456 e. The van der Waals surface area contributed by atoms with Gasteiger partial charge in [0, 0.05) is 12.1 Å². The smallest absolute Gasteiger partial charge is 0.280 e. The topological polar surface area (TPSA) is 90.7 Å². The van der Waals surface area contributed by atoms with E-state index >= 15 is 0 Å². The van der Waals surface area contributed by atoms with E-state index in [1.165, 1.54) is 11.3 Å². The second kappa shape index (κ2) is 7.13. The van der Waals surface area contributed by atoms with Crippen molar-refractivity contribution in [1.82, 2.24) is 9.38 Å². The van der Waals surface area contributed by atoms with Crippen LogP contribution in [0.1, 0.15) is 28.0 Å². The third-order valence-corrected chi connectivity index (χ3v) is 6.62. The molecule has 0 bridgehead atoms. The molecule has 8 heteroatoms. The van der Waals surface area contributed by atoms with E-state index in [-0.39, 0.29) is 11.2 Å². The summed E-state index contributed by atoms with van der Waals surface area (Å²) < 4.78 is 8.01. The van der Waals surface area contributed by atoms with E-state index < -0.39 is 4.92 Å². The lowest BCUT2D eigenvalue weighted by Crippen LogP contribution is -2.22. The highest BCUT2D eigenvalue weighted by Crippen LogP contribution is 2.33. The van der Waals surface area contributed by atoms with Crippen LogP contribution in [-0.2, 0) is 0 Å². The molecule has 5 rings (SSSR count). The second-order valence-electron chi connectivity index (χ2n) is 8.01. The number of rotatable bonds is 3. The van der Waals surface area contributed by atoms with Crippen molar-refractivity contribution in [2.24, 2.45) is 0 Å². The number of furan rings is 1. The number of nitro groups is 1. The summed E-state index contributed by atoms with van der Waals surface area (Å²) >= 11 is 1.29. The average molecular weight is 446 g/mol. The van der Waals surface area contributed by atoms with Crippen LogP contribution >= 0.6 is 11.3 Å². The lowest BCUT2D eigenvalue weighted by molar-refractivity contribution is -0.384. The molecule has 5 aromatic rings. The molecule has 7 nitrogen and oxygen atoms in total. The molecule has 0 atom stereocenters. The quantitative estimate of drug-likeness (QED) is 0.292. The van der Waals surface area contributed by atoms with Crippen molar-refractivity contribution >= 4 is 39.1 Å². The maximum Gasteiger partial charge on any atom is 0.280 e. The fraction of sp³-hybridized carbons (Fsp3) is 0.167. The predicted molar refractivity (Wildman–Crippen MR) is 125 cm³/mol. The fourth-order valence-corrected chi connectivity index (χ4v) is 4.92. The van der Waals surface area contributed by atoms with Crippen molar-refractivity contribution < 1.29 is 9.34 Å². The number of nitro benzene ring substituents is 1. The highest BCUT2D eigenvalue weighted by molar-refractivity contribution is 7.15. The number of fused-ring (bicyclic) bond motifs is 3. The van der Waals surface area contributed by atoms with Gasteiger partial charge < -0.3 is 4.42 Å². The average Bonchev–Trinajstić information content (AvgIpc) is 3.40. The minimum atomic E-state index is -0.410. The second-order valence-corrected chi connectivity index (χ2v) is 9.02. The van der Waals surface area contributed by atoms with Gasteiger partial charge in [-0.25, -0.2) is 9.38 Å². The summed E-state index contributed by atoms with van der Waals surface area (Å²) in [6.45, 7) is 7.72. The Labute approximate surface area is 186 Å². The standard InChI is InChI=1S/C24H19N3O4S/c1-12-7-15(4)22-19(8-12)26-23(28)21(32-24(26)25-22)11-16-5-6-20(31-16)17-9-13(2)14(3)10-18(17)27(29)30/h5-11H,1-4H3/b21-11-. The van der Waals surface area contributed by atoms with E-state index in [9.17, 15) is 14.9 Å². The van der Waals surface area contributed by atoms with Crippen LogP contribution in [0, 0.1) is 37.8 Å². The summed E-state index contributed by atoms with van der Waals surface area (Å²) in [5.74, 6) is 0.835. The molecule has 0 saturated heterocycles. The minimum Gasteiger partial charge on any atom is -0.456 e. The molecule has 2 aromatic carbocycles. The maximum absolute atomic E-state index is 13.1. The van der Waals surface area contributed by atoms with E-state index in [1.807, 2.05) is 39.8 Å². The van der Waals surface area contributed by atoms with Crippen LogP contribution in [0.2, 0.25) is 0 Å². The van der Waals surface area contributed by atoms with Crippen LogP contribution in [0.25, 0.3) is 33.4 Å². The molecule has 32 heavy (non-hydrogen) atoms. The number of aryl methyl sites for hydroxylation is 4. The van der Waals surface area contributed by atoms with Gasteiger partial charge in [0.1, 0.15) is 16.1 Å². The molecule has 0 aliphatic heterocycles. The lowest BCUT2D eigenvalue weighted by Gasteiger charge is -2.04. The van der Waals surface area contributed by atoms with Gasteiger partial charge in [0.15, 0.2) is 4.96 Å². The number of aromatic nitrogens is 2. The Hall–Kier alpha value is -3.78. The molecule has 3 aromatic heterocycles. The van der Waals surface area contributed by atoms with Crippen LogP contribution in [-0.4, -0.2) is 14.3 Å². The van der Waals surface area contributed by atoms with Gasteiger partial charge in [-0.3, -0.25) is 14.9 Å². The van der Waals surface area contributed by atoms with Gasteiger partial charge in [0.05, 0.1) is 21.5 Å². The first-order chi connectivity index (χ1) is 15.2. The number of hydrogen-bond acceptors (Lipinski definition) is 6. The Kier molecular flexibility index (Phi) is 4.49. The van der Waals surface area contributed by atoms with Gasteiger partial charge in [-0.2, -0.15) is 0 Å². The van der Waals surface area contributed by atoms with Crippen molar-refractivity contribution in [2.45, 2.75) is 27.7 Å². The number of nitrogens with zero attached hydrogens (tertiary/aromatic N) is 3. The first kappa shape index (κ1) is 20.1. The van der Waals surface area contributed by atoms with Crippen LogP contribution in [0.4, 0.5) is 5.69 Å². The van der Waals surface area contributed by atoms with Crippen LogP contribution in [0.15, 0.2) is 45.6 Å². The van der Waals surface area contributed by atoms with E-state index in [0.717, 1.165) is 33.3 Å². The van der Waals surface area contributed by atoms with Gasteiger partial charge in [-0.15, -0.1) is 0 Å². The molecule has 0 aliphatic carbocycles. The van der Waals surface area contributed by atoms with Gasteiger partial charge >= 0.3 is 0 Å². The monoisotopic (exact) mass is 445 g/mol. The van der Waals surface area contributed by atoms with Gasteiger partial charge in [-0.1, -0.05) is 17.4 Å². The molecule has 0 unspecified atom stereocenters. The van der Waals surface area contributed by atoms with Crippen molar-refractivity contribution in [3.8, 4) is 11.3 Å². The number of thiazole rings is 1. The molecule has 0 N–H and O–H groups in total. The molecule has 160 valence electrons. The molecular formula is C24H19N3O4S. The highest BCUT2D eigenvalue weighted by atomic mass is 32.1. The maximum atomic E-state index is 13.1. The van der Waals surface area contributed by atoms with Crippen LogP contribution in [0.3, 0.4) is 0 Å². The summed E-state index contributed by atoms with van der Waals surface area (Å²) in [7, 11) is 0. The molecule has 0 saturated carbocycles. The molecule has 0 aliphatic rings. The number of benzene rings is 2. The molecule has 0 amide bonds. The van der Waals surface area contributed by atoms with Crippen LogP contribution < -0.4 is 10.1 Å². The third-order valence-electron chi connectivity index (χ3n) is 5.65. The number of hydrogen-bond donors (Lipinski definition) is 0. The third kappa shape index (κ3) is 3.11. The Morgan fingerprint density at radius 3 is 2.56 bits per heavy atom. The summed E-state index contributed by atoms with van der Waals surface area (Å²) in [4.78, 5) is 29.5. The van der Waals surface area contributed by atoms with E-state index in [1.54, 1.807) is 34.7 Å². The van der Waals surface area contributed by atoms with Crippen molar-refractivity contribution in [3.63, 3.8) is 0 Å². The molecular weight excluding hydrogens is 426 g/mol. The molecule has 0 fully saturated rings. The summed E-state index contributed by atoms with van der Waals surface area (Å²) in [5.41, 5.74) is 5.75. The zero-order chi connectivity index (χ0) is 22.7. The molecule has 3 heterocycles. The number of imidazole rings is 1. The summed E-state index contributed by atoms with van der Waals surface area (Å²) in [5, 5.41) is 11.5. The normalized spacial score (nSPS) is 12.3. The lowest BCUT2D eigenvalue weighted by atomic mass is 10.0. The molecule has 0 spiro atoms. The Morgan fingerprint density at radius 1 is 1.06 bits per heavy atom. The fourth-order valence-electron chi connectivity index (χ4n) is 3.96. The molecule has 0 radical (unpaired) electrons. The Morgan fingerprint density at radius 2 is 1.81 bits per heavy atom. The zero-order valence-electron chi connectivity index (χ0n) is 17.9. The van der Waals surface area contributed by atoms with Crippen molar-refractivity contribution in [1.29, 1.82) is 0 Å². The van der Waals surface area contributed by atoms with Crippen molar-refractivity contribution in [2.75, 3.05) is 0 Å². The Bertz CT molecular complexity index is 1670. The van der Waals surface area contributed by atoms with Gasteiger partial charge in [-0.05, 0) is 74.2 Å². The summed E-state index contributed by atoms with van der Waals surface area (Å²) in [6.07, 6.45) is 1.66. The van der Waals surface area contributed by atoms with Gasteiger partial charge in [0.2, 0.25) is 0 Å². The Balaban J connectivity index is 1.64. The van der Waals surface area contributed by atoms with E-state index in [4.69, 9.17) is 4.42 Å². The van der Waals surface area contributed by atoms with Crippen LogP contribution in [0.5, 0.6) is 0 Å². The van der Waals surface area contributed by atoms with E-state index in [2.05, 4.69) is 4.98 Å². The van der Waals surface area contributed by atoms with Gasteiger partial charge in [0.25, 0.3) is 11.2 Å². The highest BCUT2D eigenvalue weighted by Gasteiger charge is 2.20. The first-order valence-corrected chi connectivity index (χ1v) is 10.8. The van der Waals surface area contributed by atoms with E-state index in [0.29, 0.717) is 26.6 Å². The first-order valence-electron chi connectivity index (χ1n) is 10.0. The predicted octanol–water partition coefficient (Wildman–Crippen LogP) is 4.86. The zero-order valence-corrected chi connectivity index (χ0v) is 18.7. The SMILES string of the molecule is Cc1cc(C)c2nc3s/c(=C\c4ccc(-c5cc(C)c(C)cc5[N+](=O)[O-])o4)c(=O)n3c2c1. The van der Waals surface area contributed by atoms with Crippen molar-refractivity contribution in [3.05, 3.63) is 89.4 Å².